The van der Waals surface area contributed by atoms with Crippen molar-refractivity contribution in [2.75, 3.05) is 5.32 Å². The number of amides is 1. The smallest absolute Gasteiger partial charge is 0.344 e. The van der Waals surface area contributed by atoms with E-state index in [1.165, 1.54) is 31.2 Å². The Balaban J connectivity index is 1.99. The van der Waals surface area contributed by atoms with E-state index in [0.717, 1.165) is 0 Å². The summed E-state index contributed by atoms with van der Waals surface area (Å²) in [6.45, 7) is 6.76. The lowest BCUT2D eigenvalue weighted by Gasteiger charge is -2.14. The number of thioether (sulfide) groups is 1. The number of carbonyl (C=O) groups is 2. The van der Waals surface area contributed by atoms with Crippen molar-refractivity contribution in [2.45, 2.75) is 50.4 Å². The lowest BCUT2D eigenvalue weighted by Crippen LogP contribution is -2.30. The minimum atomic E-state index is -2.51. The Morgan fingerprint density at radius 3 is 2.37 bits per heavy atom. The lowest BCUT2D eigenvalue weighted by molar-refractivity contribution is -0.123. The number of halogens is 2. The first-order valence-electron chi connectivity index (χ1n) is 8.22. The molecule has 1 N–H and O–H groups in total. The van der Waals surface area contributed by atoms with Gasteiger partial charge in [-0.3, -0.25) is 4.79 Å². The first-order valence-corrected chi connectivity index (χ1v) is 9.10. The molecule has 2 aromatic rings. The summed E-state index contributed by atoms with van der Waals surface area (Å²) in [5.74, 6) is -3.41. The molecule has 0 aliphatic carbocycles. The van der Waals surface area contributed by atoms with E-state index in [1.54, 1.807) is 6.92 Å². The summed E-state index contributed by atoms with van der Waals surface area (Å²) in [6, 6.07) is 5.94. The van der Waals surface area contributed by atoms with Gasteiger partial charge in [0.15, 0.2) is 11.9 Å². The normalized spacial score (nSPS) is 12.3. The summed E-state index contributed by atoms with van der Waals surface area (Å²) < 4.78 is 35.0. The highest BCUT2D eigenvalue weighted by Crippen LogP contribution is 2.26. The molecule has 0 spiro atoms. The molecule has 0 aliphatic rings. The molecule has 1 atom stereocenters. The SMILES string of the molecule is Cc1noc(C(C)C)c1C(=O)O[C@@H](C)C(=O)Nc1ccc(SC(F)F)cc1. The van der Waals surface area contributed by atoms with Gasteiger partial charge in [0.1, 0.15) is 5.56 Å². The van der Waals surface area contributed by atoms with Gasteiger partial charge in [0.25, 0.3) is 11.7 Å². The third-order valence-electron chi connectivity index (χ3n) is 3.62. The first kappa shape index (κ1) is 20.9. The van der Waals surface area contributed by atoms with Gasteiger partial charge in [0.05, 0.1) is 5.69 Å². The molecular weight excluding hydrogens is 378 g/mol. The highest BCUT2D eigenvalue weighted by atomic mass is 32.2. The Morgan fingerprint density at radius 2 is 1.81 bits per heavy atom. The average Bonchev–Trinajstić information content (AvgIpc) is 2.98. The van der Waals surface area contributed by atoms with Crippen molar-refractivity contribution in [3.8, 4) is 0 Å². The monoisotopic (exact) mass is 398 g/mol. The van der Waals surface area contributed by atoms with Crippen LogP contribution in [0.15, 0.2) is 33.7 Å². The molecule has 9 heteroatoms. The third-order valence-corrected chi connectivity index (χ3v) is 4.34. The van der Waals surface area contributed by atoms with E-state index in [1.807, 2.05) is 13.8 Å². The van der Waals surface area contributed by atoms with Crippen LogP contribution in [-0.2, 0) is 9.53 Å². The number of alkyl halides is 2. The number of ether oxygens (including phenoxy) is 1. The molecular formula is C18H20F2N2O4S. The molecule has 0 saturated heterocycles. The Bertz CT molecular complexity index is 806. The molecule has 0 saturated carbocycles. The highest BCUT2D eigenvalue weighted by Gasteiger charge is 2.27. The van der Waals surface area contributed by atoms with Gasteiger partial charge in [-0.25, -0.2) is 4.79 Å². The number of rotatable bonds is 7. The molecule has 1 amide bonds. The molecule has 1 heterocycles. The summed E-state index contributed by atoms with van der Waals surface area (Å²) in [6.07, 6.45) is -1.07. The second kappa shape index (κ2) is 8.98. The maximum absolute atomic E-state index is 12.4. The van der Waals surface area contributed by atoms with E-state index in [0.29, 0.717) is 33.8 Å². The second-order valence-electron chi connectivity index (χ2n) is 6.10. The Hall–Kier alpha value is -2.42. The van der Waals surface area contributed by atoms with Crippen LogP contribution in [-0.4, -0.2) is 28.9 Å². The number of aryl methyl sites for hydroxylation is 1. The molecule has 1 aromatic heterocycles. The number of anilines is 1. The van der Waals surface area contributed by atoms with E-state index in [9.17, 15) is 18.4 Å². The van der Waals surface area contributed by atoms with Gasteiger partial charge in [-0.1, -0.05) is 30.8 Å². The minimum Gasteiger partial charge on any atom is -0.449 e. The van der Waals surface area contributed by atoms with Crippen molar-refractivity contribution in [1.29, 1.82) is 0 Å². The molecule has 1 aromatic carbocycles. The zero-order valence-corrected chi connectivity index (χ0v) is 16.1. The summed E-state index contributed by atoms with van der Waals surface area (Å²) >= 11 is 0.414. The van der Waals surface area contributed by atoms with Crippen LogP contribution in [0.1, 0.15) is 48.5 Å². The summed E-state index contributed by atoms with van der Waals surface area (Å²) in [7, 11) is 0. The number of nitrogens with one attached hydrogen (secondary N) is 1. The molecule has 146 valence electrons. The lowest BCUT2D eigenvalue weighted by atomic mass is 10.1. The van der Waals surface area contributed by atoms with Gasteiger partial charge in [0.2, 0.25) is 0 Å². The summed E-state index contributed by atoms with van der Waals surface area (Å²) in [5, 5.41) is 6.35. The maximum atomic E-state index is 12.4. The van der Waals surface area contributed by atoms with E-state index >= 15 is 0 Å². The number of nitrogens with zero attached hydrogens (tertiary/aromatic N) is 1. The summed E-state index contributed by atoms with van der Waals surface area (Å²) in [5.41, 5.74) is 1.02. The van der Waals surface area contributed by atoms with Gasteiger partial charge >= 0.3 is 5.97 Å². The number of hydrogen-bond donors (Lipinski definition) is 1. The zero-order chi connectivity index (χ0) is 20.1. The molecule has 0 unspecified atom stereocenters. The van der Waals surface area contributed by atoms with Crippen molar-refractivity contribution >= 4 is 29.3 Å². The molecule has 0 fully saturated rings. The van der Waals surface area contributed by atoms with Crippen LogP contribution in [0.5, 0.6) is 0 Å². The topological polar surface area (TPSA) is 81.4 Å². The van der Waals surface area contributed by atoms with Gasteiger partial charge in [0, 0.05) is 16.5 Å². The van der Waals surface area contributed by atoms with E-state index in [-0.39, 0.29) is 11.5 Å². The molecule has 6 nitrogen and oxygen atoms in total. The number of aromatic nitrogens is 1. The number of carbonyl (C=O) groups excluding carboxylic acids is 2. The molecule has 27 heavy (non-hydrogen) atoms. The summed E-state index contributed by atoms with van der Waals surface area (Å²) in [4.78, 5) is 25.0. The van der Waals surface area contributed by atoms with Crippen molar-refractivity contribution in [2.24, 2.45) is 0 Å². The molecule has 0 bridgehead atoms. The van der Waals surface area contributed by atoms with E-state index < -0.39 is 23.7 Å². The van der Waals surface area contributed by atoms with E-state index in [2.05, 4.69) is 10.5 Å². The largest absolute Gasteiger partial charge is 0.449 e. The molecule has 0 radical (unpaired) electrons. The third kappa shape index (κ3) is 5.53. The van der Waals surface area contributed by atoms with Crippen LogP contribution in [0.25, 0.3) is 0 Å². The fraction of sp³-hybridized carbons (Fsp3) is 0.389. The quantitative estimate of drug-likeness (QED) is 0.542. The fourth-order valence-corrected chi connectivity index (χ4v) is 2.77. The Morgan fingerprint density at radius 1 is 1.19 bits per heavy atom. The standard InChI is InChI=1S/C18H20F2N2O4S/c1-9(2)15-14(10(3)22-26-15)17(24)25-11(4)16(23)21-12-5-7-13(8-6-12)27-18(19)20/h5-9,11,18H,1-4H3,(H,21,23)/t11-/m0/s1. The Kier molecular flexibility index (Phi) is 6.95. The molecule has 2 rings (SSSR count). The van der Waals surface area contributed by atoms with E-state index in [4.69, 9.17) is 9.26 Å². The van der Waals surface area contributed by atoms with Crippen LogP contribution >= 0.6 is 11.8 Å². The second-order valence-corrected chi connectivity index (χ2v) is 7.17. The van der Waals surface area contributed by atoms with Crippen LogP contribution < -0.4 is 5.32 Å². The van der Waals surface area contributed by atoms with Gasteiger partial charge in [-0.05, 0) is 38.1 Å². The predicted molar refractivity (Wildman–Crippen MR) is 97.1 cm³/mol. The van der Waals surface area contributed by atoms with Crippen LogP contribution in [0.3, 0.4) is 0 Å². The first-order chi connectivity index (χ1) is 12.7. The highest BCUT2D eigenvalue weighted by molar-refractivity contribution is 7.99. The number of esters is 1. The average molecular weight is 398 g/mol. The zero-order valence-electron chi connectivity index (χ0n) is 15.3. The van der Waals surface area contributed by atoms with Crippen LogP contribution in [0, 0.1) is 6.92 Å². The Labute approximate surface area is 159 Å². The van der Waals surface area contributed by atoms with Crippen molar-refractivity contribution in [3.63, 3.8) is 0 Å². The minimum absolute atomic E-state index is 0.0671. The van der Waals surface area contributed by atoms with Crippen molar-refractivity contribution in [3.05, 3.63) is 41.3 Å². The van der Waals surface area contributed by atoms with Crippen LogP contribution in [0.4, 0.5) is 14.5 Å². The molecule has 0 aliphatic heterocycles. The van der Waals surface area contributed by atoms with Gasteiger partial charge in [-0.2, -0.15) is 8.78 Å². The van der Waals surface area contributed by atoms with Crippen molar-refractivity contribution < 1.29 is 27.6 Å². The maximum Gasteiger partial charge on any atom is 0.344 e. The number of benzene rings is 1. The van der Waals surface area contributed by atoms with Gasteiger partial charge < -0.3 is 14.6 Å². The van der Waals surface area contributed by atoms with Crippen molar-refractivity contribution in [1.82, 2.24) is 5.16 Å². The van der Waals surface area contributed by atoms with Gasteiger partial charge in [-0.15, -0.1) is 0 Å². The van der Waals surface area contributed by atoms with Crippen LogP contribution in [0.2, 0.25) is 0 Å². The predicted octanol–water partition coefficient (Wildman–Crippen LogP) is 4.61. The fourth-order valence-electron chi connectivity index (χ4n) is 2.27. The number of hydrogen-bond acceptors (Lipinski definition) is 6.